The third-order valence-electron chi connectivity index (χ3n) is 6.82. The summed E-state index contributed by atoms with van der Waals surface area (Å²) in [5.74, 6) is -3.14. The lowest BCUT2D eigenvalue weighted by atomic mass is 10.0. The average Bonchev–Trinajstić information content (AvgIpc) is 3.51. The molecule has 0 saturated heterocycles. The van der Waals surface area contributed by atoms with Crippen LogP contribution < -0.4 is 27.4 Å². The Hall–Kier alpha value is -4.75. The topological polar surface area (TPSA) is 226 Å². The normalized spacial score (nSPS) is 13.7. The van der Waals surface area contributed by atoms with Crippen molar-refractivity contribution in [2.75, 3.05) is 6.54 Å². The zero-order valence-corrected chi connectivity index (χ0v) is 23.7. The van der Waals surface area contributed by atoms with Crippen LogP contribution in [0.2, 0.25) is 0 Å². The van der Waals surface area contributed by atoms with Crippen LogP contribution in [-0.4, -0.2) is 74.6 Å². The fourth-order valence-corrected chi connectivity index (χ4v) is 4.42. The standard InChI is InChI=1S/C30H39N7O6/c31-13-5-4-8-23(32)27(39)35-24(14-19-6-2-1-3-7-19)28(40)36-25(16-21-17-33-18-34-21)29(41)37-26(30(42)43)15-20-9-11-22(38)12-10-20/h1-3,6-7,9-12,17-18,23-26,38H,4-5,8,13-16,31-32H2,(H,33,34)(H,35,39)(H,36,40)(H,37,41)(H,42,43). The van der Waals surface area contributed by atoms with Crippen LogP contribution in [0.15, 0.2) is 67.1 Å². The highest BCUT2D eigenvalue weighted by Crippen LogP contribution is 2.12. The van der Waals surface area contributed by atoms with E-state index in [9.17, 15) is 29.4 Å². The number of rotatable bonds is 17. The average molecular weight is 594 g/mol. The van der Waals surface area contributed by atoms with E-state index in [-0.39, 0.29) is 25.0 Å². The number of carbonyl (C=O) groups is 4. The summed E-state index contributed by atoms with van der Waals surface area (Å²) in [6.45, 7) is 0.477. The van der Waals surface area contributed by atoms with Crippen molar-refractivity contribution in [3.05, 3.63) is 83.9 Å². The van der Waals surface area contributed by atoms with Crippen molar-refractivity contribution >= 4 is 23.7 Å². The maximum absolute atomic E-state index is 13.6. The van der Waals surface area contributed by atoms with Crippen molar-refractivity contribution in [1.29, 1.82) is 0 Å². The Morgan fingerprint density at radius 2 is 1.37 bits per heavy atom. The van der Waals surface area contributed by atoms with Gasteiger partial charge in [0.25, 0.3) is 0 Å². The Balaban J connectivity index is 1.79. The first-order valence-corrected chi connectivity index (χ1v) is 14.0. The van der Waals surface area contributed by atoms with Crippen LogP contribution in [-0.2, 0) is 38.4 Å². The van der Waals surface area contributed by atoms with Crippen LogP contribution in [0.1, 0.15) is 36.1 Å². The van der Waals surface area contributed by atoms with Crippen molar-refractivity contribution in [3.63, 3.8) is 0 Å². The summed E-state index contributed by atoms with van der Waals surface area (Å²) in [6, 6.07) is 10.6. The lowest BCUT2D eigenvalue weighted by Crippen LogP contribution is -2.58. The molecular weight excluding hydrogens is 554 g/mol. The number of phenols is 1. The molecule has 1 heterocycles. The van der Waals surface area contributed by atoms with Gasteiger partial charge in [0.15, 0.2) is 0 Å². The summed E-state index contributed by atoms with van der Waals surface area (Å²) < 4.78 is 0. The summed E-state index contributed by atoms with van der Waals surface area (Å²) in [5, 5.41) is 27.2. The van der Waals surface area contributed by atoms with Crippen molar-refractivity contribution < 1.29 is 29.4 Å². The van der Waals surface area contributed by atoms with Gasteiger partial charge in [0.05, 0.1) is 12.4 Å². The number of aromatic nitrogens is 2. The number of nitrogens with two attached hydrogens (primary N) is 2. The van der Waals surface area contributed by atoms with E-state index in [0.29, 0.717) is 37.1 Å². The van der Waals surface area contributed by atoms with E-state index >= 15 is 0 Å². The molecule has 0 spiro atoms. The number of imidazole rings is 1. The Morgan fingerprint density at radius 1 is 0.791 bits per heavy atom. The smallest absolute Gasteiger partial charge is 0.326 e. The van der Waals surface area contributed by atoms with E-state index in [0.717, 1.165) is 5.56 Å². The number of carbonyl (C=O) groups excluding carboxylic acids is 3. The summed E-state index contributed by atoms with van der Waals surface area (Å²) in [4.78, 5) is 58.8. The number of carboxylic acid groups (broad SMARTS) is 1. The highest BCUT2D eigenvalue weighted by Gasteiger charge is 2.31. The molecule has 2 aromatic carbocycles. The number of hydrogen-bond donors (Lipinski definition) is 8. The molecule has 3 amide bonds. The number of carboxylic acids is 1. The number of phenolic OH excluding ortho intramolecular Hbond substituents is 1. The second-order valence-corrected chi connectivity index (χ2v) is 10.3. The van der Waals surface area contributed by atoms with Crippen molar-refractivity contribution in [3.8, 4) is 5.75 Å². The third-order valence-corrected chi connectivity index (χ3v) is 6.82. The monoisotopic (exact) mass is 593 g/mol. The molecule has 1 aromatic heterocycles. The number of nitrogens with zero attached hydrogens (tertiary/aromatic N) is 1. The van der Waals surface area contributed by atoms with Crippen LogP contribution in [0, 0.1) is 0 Å². The van der Waals surface area contributed by atoms with Gasteiger partial charge in [-0.05, 0) is 42.6 Å². The molecule has 4 unspecified atom stereocenters. The summed E-state index contributed by atoms with van der Waals surface area (Å²) in [7, 11) is 0. The second kappa shape index (κ2) is 16.6. The number of aromatic amines is 1. The van der Waals surface area contributed by atoms with Crippen LogP contribution in [0.3, 0.4) is 0 Å². The largest absolute Gasteiger partial charge is 0.508 e. The number of nitrogens with one attached hydrogen (secondary N) is 4. The molecule has 0 saturated carbocycles. The van der Waals surface area contributed by atoms with E-state index < -0.39 is 47.9 Å². The van der Waals surface area contributed by atoms with Gasteiger partial charge in [-0.1, -0.05) is 48.9 Å². The molecule has 3 rings (SSSR count). The summed E-state index contributed by atoms with van der Waals surface area (Å²) >= 11 is 0. The second-order valence-electron chi connectivity index (χ2n) is 10.3. The minimum Gasteiger partial charge on any atom is -0.508 e. The van der Waals surface area contributed by atoms with E-state index in [1.165, 1.54) is 24.7 Å². The first-order valence-electron chi connectivity index (χ1n) is 14.0. The maximum Gasteiger partial charge on any atom is 0.326 e. The van der Waals surface area contributed by atoms with Crippen molar-refractivity contribution in [2.24, 2.45) is 11.5 Å². The van der Waals surface area contributed by atoms with E-state index in [2.05, 4.69) is 25.9 Å². The van der Waals surface area contributed by atoms with Gasteiger partial charge in [-0.2, -0.15) is 0 Å². The maximum atomic E-state index is 13.6. The fraction of sp³-hybridized carbons (Fsp3) is 0.367. The molecule has 0 aliphatic carbocycles. The van der Waals surface area contributed by atoms with Gasteiger partial charge in [-0.15, -0.1) is 0 Å². The van der Waals surface area contributed by atoms with Crippen LogP contribution in [0.5, 0.6) is 5.75 Å². The lowest BCUT2D eigenvalue weighted by Gasteiger charge is -2.25. The van der Waals surface area contributed by atoms with Crippen LogP contribution >= 0.6 is 0 Å². The van der Waals surface area contributed by atoms with E-state index in [1.807, 2.05) is 18.2 Å². The van der Waals surface area contributed by atoms with Gasteiger partial charge in [-0.25, -0.2) is 9.78 Å². The SMILES string of the molecule is NCCCCC(N)C(=O)NC(Cc1ccccc1)C(=O)NC(Cc1cnc[nH]1)C(=O)NC(Cc1ccc(O)cc1)C(=O)O. The van der Waals surface area contributed by atoms with Gasteiger partial charge in [0, 0.05) is 31.2 Å². The predicted molar refractivity (Wildman–Crippen MR) is 159 cm³/mol. The molecule has 10 N–H and O–H groups in total. The molecule has 230 valence electrons. The zero-order valence-electron chi connectivity index (χ0n) is 23.7. The Kier molecular flexibility index (Phi) is 12.7. The molecule has 43 heavy (non-hydrogen) atoms. The molecule has 3 aromatic rings. The first-order chi connectivity index (χ1) is 20.7. The molecule has 0 radical (unpaired) electrons. The van der Waals surface area contributed by atoms with Crippen molar-refractivity contribution in [2.45, 2.75) is 62.7 Å². The summed E-state index contributed by atoms with van der Waals surface area (Å²) in [6.07, 6.45) is 4.72. The number of aliphatic carboxylic acids is 1. The quantitative estimate of drug-likeness (QED) is 0.0995. The highest BCUT2D eigenvalue weighted by molar-refractivity contribution is 5.94. The first kappa shape index (κ1) is 32.8. The van der Waals surface area contributed by atoms with Crippen molar-refractivity contribution in [1.82, 2.24) is 25.9 Å². The van der Waals surface area contributed by atoms with E-state index in [1.54, 1.807) is 24.3 Å². The van der Waals surface area contributed by atoms with Gasteiger partial charge >= 0.3 is 5.97 Å². The molecule has 4 atom stereocenters. The number of H-pyrrole nitrogens is 1. The molecule has 13 nitrogen and oxygen atoms in total. The van der Waals surface area contributed by atoms with Crippen LogP contribution in [0.4, 0.5) is 0 Å². The lowest BCUT2D eigenvalue weighted by molar-refractivity contribution is -0.142. The van der Waals surface area contributed by atoms with Gasteiger partial charge in [0.2, 0.25) is 17.7 Å². The third kappa shape index (κ3) is 10.9. The van der Waals surface area contributed by atoms with Crippen LogP contribution in [0.25, 0.3) is 0 Å². The molecule has 0 fully saturated rings. The highest BCUT2D eigenvalue weighted by atomic mass is 16.4. The Bertz CT molecular complexity index is 1320. The number of hydrogen-bond acceptors (Lipinski definition) is 8. The molecule has 0 aliphatic heterocycles. The minimum absolute atomic E-state index is 0.0201. The van der Waals surface area contributed by atoms with E-state index in [4.69, 9.17) is 11.5 Å². The minimum atomic E-state index is -1.32. The predicted octanol–water partition coefficient (Wildman–Crippen LogP) is 0.139. The fourth-order valence-electron chi connectivity index (χ4n) is 4.42. The van der Waals surface area contributed by atoms with Gasteiger partial charge < -0.3 is 42.6 Å². The number of aromatic hydroxyl groups is 1. The Labute approximate surface area is 249 Å². The molecule has 0 bridgehead atoms. The number of amides is 3. The number of unbranched alkanes of at least 4 members (excludes halogenated alkanes) is 1. The van der Waals surface area contributed by atoms with Gasteiger partial charge in [-0.3, -0.25) is 14.4 Å². The van der Waals surface area contributed by atoms with Gasteiger partial charge in [0.1, 0.15) is 23.9 Å². The summed E-state index contributed by atoms with van der Waals surface area (Å²) in [5.41, 5.74) is 13.5. The zero-order chi connectivity index (χ0) is 31.2. The molecule has 13 heteroatoms. The molecule has 0 aliphatic rings. The molecular formula is C30H39N7O6. The Morgan fingerprint density at radius 3 is 1.98 bits per heavy atom. The number of benzene rings is 2.